The Hall–Kier alpha value is -1.90. The molecule has 1 aromatic carbocycles. The number of hydrogen-bond acceptors (Lipinski definition) is 3. The van der Waals surface area contributed by atoms with Crippen LogP contribution in [0.1, 0.15) is 5.69 Å². The lowest BCUT2D eigenvalue weighted by molar-refractivity contribution is -0.128. The number of fused-ring (bicyclic) bond motifs is 1. The second kappa shape index (κ2) is 4.55. The molecule has 2 aromatic rings. The van der Waals surface area contributed by atoms with Crippen LogP contribution in [0.15, 0.2) is 36.5 Å². The van der Waals surface area contributed by atoms with Crippen molar-refractivity contribution in [3.05, 3.63) is 42.2 Å². The molecular formula is C12H11NO2. The topological polar surface area (TPSA) is 39.2 Å². The lowest BCUT2D eigenvalue weighted by Gasteiger charge is -2.01. The van der Waals surface area contributed by atoms with Crippen molar-refractivity contribution in [1.82, 2.24) is 4.98 Å². The highest BCUT2D eigenvalue weighted by atomic mass is 16.5. The van der Waals surface area contributed by atoms with Crippen molar-refractivity contribution in [1.29, 1.82) is 0 Å². The summed E-state index contributed by atoms with van der Waals surface area (Å²) in [6.07, 6.45) is 2.50. The van der Waals surface area contributed by atoms with Gasteiger partial charge in [0, 0.05) is 23.7 Å². The molecule has 76 valence electrons. The molecule has 0 amide bonds. The standard InChI is InChI=1S/C12H11NO2/c14-9-15-6-5-12-7-10-3-1-2-4-11(10)8-13-12/h1-4,7-9H,5-6H2. The van der Waals surface area contributed by atoms with E-state index in [4.69, 9.17) is 0 Å². The number of benzene rings is 1. The Balaban J connectivity index is 2.19. The lowest BCUT2D eigenvalue weighted by atomic mass is 10.1. The molecule has 0 unspecified atom stereocenters. The third-order valence-electron chi connectivity index (χ3n) is 2.23. The fraction of sp³-hybridized carbons (Fsp3) is 0.167. The van der Waals surface area contributed by atoms with E-state index in [1.165, 1.54) is 0 Å². The van der Waals surface area contributed by atoms with Crippen molar-refractivity contribution in [2.75, 3.05) is 6.61 Å². The van der Waals surface area contributed by atoms with Crippen LogP contribution in [0.4, 0.5) is 0 Å². The second-order valence-corrected chi connectivity index (χ2v) is 3.24. The second-order valence-electron chi connectivity index (χ2n) is 3.24. The number of ether oxygens (including phenoxy) is 1. The summed E-state index contributed by atoms with van der Waals surface area (Å²) in [6.45, 7) is 0.843. The molecule has 0 saturated heterocycles. The molecule has 3 heteroatoms. The van der Waals surface area contributed by atoms with Crippen LogP contribution in [0.25, 0.3) is 10.8 Å². The van der Waals surface area contributed by atoms with Crippen LogP contribution in [0.3, 0.4) is 0 Å². The summed E-state index contributed by atoms with van der Waals surface area (Å²) in [6, 6.07) is 10.1. The summed E-state index contributed by atoms with van der Waals surface area (Å²) >= 11 is 0. The predicted octanol–water partition coefficient (Wildman–Crippen LogP) is 1.95. The van der Waals surface area contributed by atoms with E-state index in [1.807, 2.05) is 36.5 Å². The predicted molar refractivity (Wildman–Crippen MR) is 57.5 cm³/mol. The zero-order chi connectivity index (χ0) is 10.5. The van der Waals surface area contributed by atoms with E-state index in [-0.39, 0.29) is 0 Å². The number of aromatic nitrogens is 1. The van der Waals surface area contributed by atoms with Crippen molar-refractivity contribution in [3.63, 3.8) is 0 Å². The summed E-state index contributed by atoms with van der Waals surface area (Å²) < 4.78 is 4.63. The Morgan fingerprint density at radius 1 is 1.27 bits per heavy atom. The zero-order valence-corrected chi connectivity index (χ0v) is 8.22. The lowest BCUT2D eigenvalue weighted by Crippen LogP contribution is -1.98. The smallest absolute Gasteiger partial charge is 0.293 e. The van der Waals surface area contributed by atoms with Gasteiger partial charge in [0.1, 0.15) is 0 Å². The maximum absolute atomic E-state index is 9.96. The first-order valence-corrected chi connectivity index (χ1v) is 4.79. The van der Waals surface area contributed by atoms with Gasteiger partial charge in [0.2, 0.25) is 0 Å². The summed E-state index contributed by atoms with van der Waals surface area (Å²) in [5.41, 5.74) is 0.940. The van der Waals surface area contributed by atoms with Gasteiger partial charge < -0.3 is 4.74 Å². The minimum Gasteiger partial charge on any atom is -0.467 e. The Morgan fingerprint density at radius 3 is 2.87 bits per heavy atom. The van der Waals surface area contributed by atoms with E-state index in [1.54, 1.807) is 0 Å². The third kappa shape index (κ3) is 2.31. The number of hydrogen-bond donors (Lipinski definition) is 0. The molecule has 0 aliphatic heterocycles. The molecule has 0 N–H and O–H groups in total. The minimum atomic E-state index is 0.384. The van der Waals surface area contributed by atoms with Gasteiger partial charge in [-0.05, 0) is 11.5 Å². The Morgan fingerprint density at radius 2 is 2.07 bits per heavy atom. The van der Waals surface area contributed by atoms with E-state index >= 15 is 0 Å². The molecule has 0 aliphatic rings. The molecule has 15 heavy (non-hydrogen) atoms. The van der Waals surface area contributed by atoms with Crippen LogP contribution in [-0.4, -0.2) is 18.1 Å². The molecule has 0 fully saturated rings. The van der Waals surface area contributed by atoms with Crippen LogP contribution < -0.4 is 0 Å². The number of nitrogens with zero attached hydrogens (tertiary/aromatic N) is 1. The highest BCUT2D eigenvalue weighted by molar-refractivity contribution is 5.81. The number of carbonyl (C=O) groups excluding carboxylic acids is 1. The monoisotopic (exact) mass is 201 g/mol. The summed E-state index contributed by atoms with van der Waals surface area (Å²) in [5.74, 6) is 0. The van der Waals surface area contributed by atoms with Gasteiger partial charge in [0.25, 0.3) is 6.47 Å². The molecular weight excluding hydrogens is 190 g/mol. The van der Waals surface area contributed by atoms with Gasteiger partial charge in [0.05, 0.1) is 6.61 Å². The minimum absolute atomic E-state index is 0.384. The maximum atomic E-state index is 9.96. The molecule has 0 radical (unpaired) electrons. The molecule has 0 saturated carbocycles. The first kappa shape index (κ1) is 9.65. The molecule has 0 spiro atoms. The van der Waals surface area contributed by atoms with Crippen molar-refractivity contribution < 1.29 is 9.53 Å². The van der Waals surface area contributed by atoms with Gasteiger partial charge in [-0.15, -0.1) is 0 Å². The highest BCUT2D eigenvalue weighted by Gasteiger charge is 1.97. The average Bonchev–Trinajstić information content (AvgIpc) is 2.29. The Kier molecular flexibility index (Phi) is 2.93. The van der Waals surface area contributed by atoms with Crippen LogP contribution in [0.2, 0.25) is 0 Å². The molecule has 0 aliphatic carbocycles. The highest BCUT2D eigenvalue weighted by Crippen LogP contribution is 2.13. The number of carbonyl (C=O) groups is 1. The van der Waals surface area contributed by atoms with E-state index in [2.05, 4.69) is 9.72 Å². The van der Waals surface area contributed by atoms with Gasteiger partial charge in [0.15, 0.2) is 0 Å². The van der Waals surface area contributed by atoms with Crippen LogP contribution in [0, 0.1) is 0 Å². The zero-order valence-electron chi connectivity index (χ0n) is 8.22. The van der Waals surface area contributed by atoms with E-state index in [0.717, 1.165) is 16.5 Å². The molecule has 3 nitrogen and oxygen atoms in total. The number of pyridine rings is 1. The first-order chi connectivity index (χ1) is 7.40. The average molecular weight is 201 g/mol. The molecule has 1 aromatic heterocycles. The largest absolute Gasteiger partial charge is 0.467 e. The van der Waals surface area contributed by atoms with E-state index in [9.17, 15) is 4.79 Å². The van der Waals surface area contributed by atoms with Gasteiger partial charge in [-0.25, -0.2) is 0 Å². The normalized spacial score (nSPS) is 10.1. The fourth-order valence-electron chi connectivity index (χ4n) is 1.48. The Labute approximate surface area is 87.7 Å². The molecule has 2 rings (SSSR count). The molecule has 0 atom stereocenters. The number of rotatable bonds is 4. The summed E-state index contributed by atoms with van der Waals surface area (Å²) in [5, 5.41) is 2.28. The van der Waals surface area contributed by atoms with Gasteiger partial charge >= 0.3 is 0 Å². The van der Waals surface area contributed by atoms with Crippen molar-refractivity contribution in [2.24, 2.45) is 0 Å². The summed E-state index contributed by atoms with van der Waals surface area (Å²) in [7, 11) is 0. The van der Waals surface area contributed by atoms with Gasteiger partial charge in [-0.1, -0.05) is 24.3 Å². The van der Waals surface area contributed by atoms with Crippen molar-refractivity contribution >= 4 is 17.2 Å². The summed E-state index contributed by atoms with van der Waals surface area (Å²) in [4.78, 5) is 14.2. The van der Waals surface area contributed by atoms with Crippen LogP contribution >= 0.6 is 0 Å². The maximum Gasteiger partial charge on any atom is 0.293 e. The van der Waals surface area contributed by atoms with E-state index in [0.29, 0.717) is 19.5 Å². The Bertz CT molecular complexity index is 468. The van der Waals surface area contributed by atoms with Gasteiger partial charge in [-0.3, -0.25) is 9.78 Å². The van der Waals surface area contributed by atoms with Gasteiger partial charge in [-0.2, -0.15) is 0 Å². The van der Waals surface area contributed by atoms with Crippen molar-refractivity contribution in [3.8, 4) is 0 Å². The first-order valence-electron chi connectivity index (χ1n) is 4.79. The van der Waals surface area contributed by atoms with E-state index < -0.39 is 0 Å². The molecule has 0 bridgehead atoms. The third-order valence-corrected chi connectivity index (χ3v) is 2.23. The molecule has 1 heterocycles. The van der Waals surface area contributed by atoms with Crippen LogP contribution in [0.5, 0.6) is 0 Å². The van der Waals surface area contributed by atoms with Crippen molar-refractivity contribution in [2.45, 2.75) is 6.42 Å². The quantitative estimate of drug-likeness (QED) is 0.560. The van der Waals surface area contributed by atoms with Crippen LogP contribution in [-0.2, 0) is 16.0 Å². The SMILES string of the molecule is O=COCCc1cc2ccccc2cn1. The fourth-order valence-corrected chi connectivity index (χ4v) is 1.48.